The van der Waals surface area contributed by atoms with Gasteiger partial charge >= 0.3 is 0 Å². The summed E-state index contributed by atoms with van der Waals surface area (Å²) in [7, 11) is 0. The number of H-pyrrole nitrogens is 1. The SMILES string of the molecule is CCC(CC)(CNCc1ccn[nH]1)SC. The Hall–Kier alpha value is -0.480. The van der Waals surface area contributed by atoms with E-state index in [1.165, 1.54) is 12.8 Å². The summed E-state index contributed by atoms with van der Waals surface area (Å²) in [6, 6.07) is 2.01. The van der Waals surface area contributed by atoms with Gasteiger partial charge in [-0.15, -0.1) is 0 Å². The van der Waals surface area contributed by atoms with Crippen molar-refractivity contribution >= 4 is 11.8 Å². The van der Waals surface area contributed by atoms with Crippen LogP contribution in [0.2, 0.25) is 0 Å². The zero-order valence-electron chi connectivity index (χ0n) is 9.84. The van der Waals surface area contributed by atoms with Crippen molar-refractivity contribution in [2.75, 3.05) is 12.8 Å². The Morgan fingerprint density at radius 3 is 2.67 bits per heavy atom. The van der Waals surface area contributed by atoms with Crippen LogP contribution in [0.4, 0.5) is 0 Å². The highest BCUT2D eigenvalue weighted by Crippen LogP contribution is 2.29. The Labute approximate surface area is 96.4 Å². The third kappa shape index (κ3) is 3.54. The first-order valence-electron chi connectivity index (χ1n) is 5.50. The lowest BCUT2D eigenvalue weighted by Crippen LogP contribution is -2.36. The van der Waals surface area contributed by atoms with Gasteiger partial charge in [-0.05, 0) is 25.2 Å². The van der Waals surface area contributed by atoms with Crippen LogP contribution in [0.5, 0.6) is 0 Å². The van der Waals surface area contributed by atoms with E-state index in [2.05, 4.69) is 35.6 Å². The molecule has 0 amide bonds. The standard InChI is InChI=1S/C11H21N3S/c1-4-11(5-2,15-3)9-12-8-10-6-7-13-14-10/h6-7,12H,4-5,8-9H2,1-3H3,(H,13,14). The Bertz CT molecular complexity index is 247. The van der Waals surface area contributed by atoms with E-state index in [1.54, 1.807) is 6.20 Å². The lowest BCUT2D eigenvalue weighted by Gasteiger charge is -2.29. The van der Waals surface area contributed by atoms with Crippen molar-refractivity contribution in [3.05, 3.63) is 18.0 Å². The van der Waals surface area contributed by atoms with Crippen LogP contribution in [0.25, 0.3) is 0 Å². The average Bonchev–Trinajstić information content (AvgIpc) is 2.78. The molecular formula is C11H21N3S. The van der Waals surface area contributed by atoms with Crippen molar-refractivity contribution in [2.24, 2.45) is 0 Å². The molecule has 0 unspecified atom stereocenters. The van der Waals surface area contributed by atoms with E-state index in [9.17, 15) is 0 Å². The molecule has 1 heterocycles. The molecule has 3 nitrogen and oxygen atoms in total. The highest BCUT2D eigenvalue weighted by Gasteiger charge is 2.23. The van der Waals surface area contributed by atoms with Gasteiger partial charge in [-0.3, -0.25) is 5.10 Å². The van der Waals surface area contributed by atoms with Crippen molar-refractivity contribution in [1.29, 1.82) is 0 Å². The van der Waals surface area contributed by atoms with E-state index in [0.717, 1.165) is 18.8 Å². The summed E-state index contributed by atoms with van der Waals surface area (Å²) in [5.41, 5.74) is 1.15. The molecule has 0 spiro atoms. The second-order valence-corrected chi connectivity index (χ2v) is 5.05. The van der Waals surface area contributed by atoms with E-state index in [-0.39, 0.29) is 0 Å². The van der Waals surface area contributed by atoms with Gasteiger partial charge in [0.2, 0.25) is 0 Å². The number of thioether (sulfide) groups is 1. The van der Waals surface area contributed by atoms with Gasteiger partial charge in [-0.1, -0.05) is 13.8 Å². The molecule has 2 N–H and O–H groups in total. The summed E-state index contributed by atoms with van der Waals surface area (Å²) in [6.45, 7) is 6.46. The van der Waals surface area contributed by atoms with Gasteiger partial charge in [0.1, 0.15) is 0 Å². The molecule has 0 fully saturated rings. The maximum atomic E-state index is 3.93. The van der Waals surface area contributed by atoms with Gasteiger partial charge in [-0.25, -0.2) is 0 Å². The maximum Gasteiger partial charge on any atom is 0.0490 e. The first-order valence-corrected chi connectivity index (χ1v) is 6.73. The minimum Gasteiger partial charge on any atom is -0.310 e. The van der Waals surface area contributed by atoms with E-state index >= 15 is 0 Å². The average molecular weight is 227 g/mol. The molecule has 15 heavy (non-hydrogen) atoms. The molecule has 0 aliphatic heterocycles. The summed E-state index contributed by atoms with van der Waals surface area (Å²) < 4.78 is 0.389. The number of aromatic amines is 1. The highest BCUT2D eigenvalue weighted by atomic mass is 32.2. The normalized spacial score (nSPS) is 11.9. The molecule has 0 bridgehead atoms. The summed E-state index contributed by atoms with van der Waals surface area (Å²) in [4.78, 5) is 0. The second-order valence-electron chi connectivity index (χ2n) is 3.78. The summed E-state index contributed by atoms with van der Waals surface area (Å²) >= 11 is 1.97. The van der Waals surface area contributed by atoms with Crippen LogP contribution in [-0.2, 0) is 6.54 Å². The third-order valence-corrected chi connectivity index (χ3v) is 4.63. The van der Waals surface area contributed by atoms with E-state index in [4.69, 9.17) is 0 Å². The predicted molar refractivity (Wildman–Crippen MR) is 67.1 cm³/mol. The molecule has 1 aromatic heterocycles. The molecule has 0 aromatic carbocycles. The van der Waals surface area contributed by atoms with Crippen LogP contribution in [0.15, 0.2) is 12.3 Å². The number of nitrogens with one attached hydrogen (secondary N) is 2. The van der Waals surface area contributed by atoms with Crippen molar-refractivity contribution < 1.29 is 0 Å². The van der Waals surface area contributed by atoms with Gasteiger partial charge in [0.15, 0.2) is 0 Å². The van der Waals surface area contributed by atoms with Crippen LogP contribution in [0.3, 0.4) is 0 Å². The van der Waals surface area contributed by atoms with E-state index in [0.29, 0.717) is 4.75 Å². The van der Waals surface area contributed by atoms with Gasteiger partial charge in [0.25, 0.3) is 0 Å². The Morgan fingerprint density at radius 2 is 2.20 bits per heavy atom. The van der Waals surface area contributed by atoms with Gasteiger partial charge < -0.3 is 5.32 Å². The lowest BCUT2D eigenvalue weighted by atomic mass is 10.0. The molecule has 0 aliphatic rings. The molecule has 86 valence electrons. The Morgan fingerprint density at radius 1 is 1.47 bits per heavy atom. The number of aromatic nitrogens is 2. The molecule has 1 rings (SSSR count). The van der Waals surface area contributed by atoms with Crippen molar-refractivity contribution in [2.45, 2.75) is 38.0 Å². The van der Waals surface area contributed by atoms with Crippen LogP contribution >= 0.6 is 11.8 Å². The molecule has 0 saturated carbocycles. The fourth-order valence-corrected chi connectivity index (χ4v) is 2.49. The van der Waals surface area contributed by atoms with Crippen LogP contribution < -0.4 is 5.32 Å². The fraction of sp³-hybridized carbons (Fsp3) is 0.727. The largest absolute Gasteiger partial charge is 0.310 e. The lowest BCUT2D eigenvalue weighted by molar-refractivity contribution is 0.492. The third-order valence-electron chi connectivity index (χ3n) is 3.04. The Kier molecular flexibility index (Phi) is 5.19. The quantitative estimate of drug-likeness (QED) is 0.751. The maximum absolute atomic E-state index is 3.93. The number of nitrogens with zero attached hydrogens (tertiary/aromatic N) is 1. The van der Waals surface area contributed by atoms with Gasteiger partial charge in [0.05, 0.1) is 0 Å². The molecular weight excluding hydrogens is 206 g/mol. The summed E-state index contributed by atoms with van der Waals surface area (Å²) in [5.74, 6) is 0. The number of hydrogen-bond donors (Lipinski definition) is 2. The van der Waals surface area contributed by atoms with Crippen LogP contribution in [0.1, 0.15) is 32.4 Å². The first-order chi connectivity index (χ1) is 7.26. The zero-order valence-corrected chi connectivity index (χ0v) is 10.7. The molecule has 0 saturated heterocycles. The fourth-order valence-electron chi connectivity index (χ4n) is 1.67. The number of rotatable bonds is 7. The minimum absolute atomic E-state index is 0.389. The molecule has 4 heteroatoms. The van der Waals surface area contributed by atoms with Crippen molar-refractivity contribution in [1.82, 2.24) is 15.5 Å². The predicted octanol–water partition coefficient (Wildman–Crippen LogP) is 2.42. The monoisotopic (exact) mass is 227 g/mol. The first kappa shape index (κ1) is 12.6. The molecule has 0 atom stereocenters. The van der Waals surface area contributed by atoms with Gasteiger partial charge in [0, 0.05) is 29.7 Å². The second kappa shape index (κ2) is 6.18. The molecule has 0 aliphatic carbocycles. The minimum atomic E-state index is 0.389. The number of hydrogen-bond acceptors (Lipinski definition) is 3. The van der Waals surface area contributed by atoms with Crippen LogP contribution in [0, 0.1) is 0 Å². The van der Waals surface area contributed by atoms with Crippen LogP contribution in [-0.4, -0.2) is 27.7 Å². The summed E-state index contributed by atoms with van der Waals surface area (Å²) in [5, 5.41) is 10.4. The highest BCUT2D eigenvalue weighted by molar-refractivity contribution is 8.00. The Balaban J connectivity index is 2.34. The zero-order chi connectivity index (χ0) is 11.1. The van der Waals surface area contributed by atoms with Crippen molar-refractivity contribution in [3.8, 4) is 0 Å². The van der Waals surface area contributed by atoms with Gasteiger partial charge in [-0.2, -0.15) is 16.9 Å². The van der Waals surface area contributed by atoms with Crippen molar-refractivity contribution in [3.63, 3.8) is 0 Å². The topological polar surface area (TPSA) is 40.7 Å². The molecule has 1 aromatic rings. The molecule has 0 radical (unpaired) electrons. The summed E-state index contributed by atoms with van der Waals surface area (Å²) in [6.07, 6.45) is 6.41. The van der Waals surface area contributed by atoms with E-state index < -0.39 is 0 Å². The van der Waals surface area contributed by atoms with E-state index in [1.807, 2.05) is 17.8 Å². The smallest absolute Gasteiger partial charge is 0.0490 e.